The molecule has 0 fully saturated rings. The molecule has 4 heteroatoms. The van der Waals surface area contributed by atoms with Gasteiger partial charge < -0.3 is 14.8 Å². The molecule has 3 aromatic carbocycles. The molecule has 0 heterocycles. The number of ether oxygens (including phenoxy) is 2. The van der Waals surface area contributed by atoms with Crippen LogP contribution in [0, 0.1) is 13.8 Å². The van der Waals surface area contributed by atoms with E-state index >= 15 is 0 Å². The molecule has 0 aliphatic rings. The lowest BCUT2D eigenvalue weighted by Crippen LogP contribution is -2.32. The molecule has 0 unspecified atom stereocenters. The number of hydrogen-bond donors (Lipinski definition) is 1. The number of hydrogen-bond acceptors (Lipinski definition) is 3. The van der Waals surface area contributed by atoms with E-state index in [1.54, 1.807) is 0 Å². The fourth-order valence-electron chi connectivity index (χ4n) is 2.78. The predicted molar refractivity (Wildman–Crippen MR) is 112 cm³/mol. The van der Waals surface area contributed by atoms with Gasteiger partial charge in [-0.25, -0.2) is 0 Å². The molecule has 0 aliphatic heterocycles. The third-order valence-corrected chi connectivity index (χ3v) is 4.59. The number of amides is 1. The van der Waals surface area contributed by atoms with Crippen molar-refractivity contribution in [2.75, 3.05) is 5.32 Å². The molecule has 3 aromatic rings. The Bertz CT molecular complexity index is 920. The Hall–Kier alpha value is -3.27. The van der Waals surface area contributed by atoms with Gasteiger partial charge in [0.25, 0.3) is 5.91 Å². The second-order valence-electron chi connectivity index (χ2n) is 6.64. The zero-order valence-corrected chi connectivity index (χ0v) is 16.4. The standard InChI is InChI=1S/C24H25NO3/c1-4-22(28-23-12-8-9-17(2)18(23)3)24(26)25-19-13-15-21(16-14-19)27-20-10-6-5-7-11-20/h5-16,22H,4H2,1-3H3,(H,25,26)/t22-/m1/s1. The quantitative estimate of drug-likeness (QED) is 0.560. The third-order valence-electron chi connectivity index (χ3n) is 4.59. The molecule has 0 aliphatic carbocycles. The van der Waals surface area contributed by atoms with E-state index in [1.807, 2.05) is 93.6 Å². The zero-order chi connectivity index (χ0) is 19.9. The van der Waals surface area contributed by atoms with Gasteiger partial charge in [0.05, 0.1) is 0 Å². The largest absolute Gasteiger partial charge is 0.480 e. The topological polar surface area (TPSA) is 47.6 Å². The number of carbonyl (C=O) groups excluding carboxylic acids is 1. The fraction of sp³-hybridized carbons (Fsp3) is 0.208. The highest BCUT2D eigenvalue weighted by molar-refractivity contribution is 5.94. The van der Waals surface area contributed by atoms with Crippen molar-refractivity contribution in [3.8, 4) is 17.2 Å². The molecule has 3 rings (SSSR count). The maximum atomic E-state index is 12.7. The van der Waals surface area contributed by atoms with Gasteiger partial charge in [0.1, 0.15) is 17.2 Å². The van der Waals surface area contributed by atoms with Crippen LogP contribution in [0.5, 0.6) is 17.2 Å². The normalized spacial score (nSPS) is 11.5. The summed E-state index contributed by atoms with van der Waals surface area (Å²) in [5.74, 6) is 2.06. The maximum absolute atomic E-state index is 12.7. The minimum Gasteiger partial charge on any atom is -0.480 e. The molecular formula is C24H25NO3. The number of para-hydroxylation sites is 1. The van der Waals surface area contributed by atoms with Gasteiger partial charge >= 0.3 is 0 Å². The van der Waals surface area contributed by atoms with Gasteiger partial charge in [0.2, 0.25) is 0 Å². The van der Waals surface area contributed by atoms with E-state index in [1.165, 1.54) is 0 Å². The summed E-state index contributed by atoms with van der Waals surface area (Å²) in [6, 6.07) is 22.7. The van der Waals surface area contributed by atoms with Crippen LogP contribution in [0.4, 0.5) is 5.69 Å². The summed E-state index contributed by atoms with van der Waals surface area (Å²) in [4.78, 5) is 12.7. The Morgan fingerprint density at radius 3 is 2.25 bits per heavy atom. The summed E-state index contributed by atoms with van der Waals surface area (Å²) in [6.07, 6.45) is 0.0229. The van der Waals surface area contributed by atoms with Crippen molar-refractivity contribution < 1.29 is 14.3 Å². The molecule has 4 nitrogen and oxygen atoms in total. The predicted octanol–water partition coefficient (Wildman–Crippen LogP) is 5.89. The lowest BCUT2D eigenvalue weighted by atomic mass is 10.1. The smallest absolute Gasteiger partial charge is 0.265 e. The first kappa shape index (κ1) is 19.5. The summed E-state index contributed by atoms with van der Waals surface area (Å²) >= 11 is 0. The van der Waals surface area contributed by atoms with Crippen molar-refractivity contribution >= 4 is 11.6 Å². The number of nitrogens with one attached hydrogen (secondary N) is 1. The molecule has 0 saturated heterocycles. The van der Waals surface area contributed by atoms with E-state index in [0.717, 1.165) is 22.6 Å². The Morgan fingerprint density at radius 1 is 0.893 bits per heavy atom. The SMILES string of the molecule is CC[C@@H](Oc1cccc(C)c1C)C(=O)Nc1ccc(Oc2ccccc2)cc1. The highest BCUT2D eigenvalue weighted by atomic mass is 16.5. The van der Waals surface area contributed by atoms with Crippen molar-refractivity contribution in [1.82, 2.24) is 0 Å². The summed E-state index contributed by atoms with van der Waals surface area (Å²) in [6.45, 7) is 5.97. The van der Waals surface area contributed by atoms with Crippen LogP contribution >= 0.6 is 0 Å². The Balaban J connectivity index is 1.63. The summed E-state index contributed by atoms with van der Waals surface area (Å²) in [7, 11) is 0. The summed E-state index contributed by atoms with van der Waals surface area (Å²) in [5.41, 5.74) is 2.89. The van der Waals surface area contributed by atoms with Gasteiger partial charge in [-0.15, -0.1) is 0 Å². The van der Waals surface area contributed by atoms with Crippen LogP contribution in [0.3, 0.4) is 0 Å². The molecule has 28 heavy (non-hydrogen) atoms. The molecule has 0 radical (unpaired) electrons. The maximum Gasteiger partial charge on any atom is 0.265 e. The second-order valence-corrected chi connectivity index (χ2v) is 6.64. The van der Waals surface area contributed by atoms with E-state index in [2.05, 4.69) is 5.32 Å². The van der Waals surface area contributed by atoms with Crippen LogP contribution in [0.2, 0.25) is 0 Å². The van der Waals surface area contributed by atoms with Gasteiger partial charge in [-0.3, -0.25) is 4.79 Å². The zero-order valence-electron chi connectivity index (χ0n) is 16.4. The van der Waals surface area contributed by atoms with Gasteiger partial charge in [0, 0.05) is 5.69 Å². The second kappa shape index (κ2) is 9.09. The van der Waals surface area contributed by atoms with Crippen molar-refractivity contribution in [2.24, 2.45) is 0 Å². The minimum atomic E-state index is -0.555. The van der Waals surface area contributed by atoms with E-state index < -0.39 is 6.10 Å². The number of benzene rings is 3. The fourth-order valence-corrected chi connectivity index (χ4v) is 2.78. The molecule has 0 saturated carbocycles. The first-order chi connectivity index (χ1) is 13.6. The number of anilines is 1. The molecule has 0 bridgehead atoms. The number of rotatable bonds is 7. The van der Waals surface area contributed by atoms with Crippen LogP contribution in [0.25, 0.3) is 0 Å². The highest BCUT2D eigenvalue weighted by Gasteiger charge is 2.19. The summed E-state index contributed by atoms with van der Waals surface area (Å²) < 4.78 is 11.7. The number of carbonyl (C=O) groups is 1. The lowest BCUT2D eigenvalue weighted by Gasteiger charge is -2.19. The van der Waals surface area contributed by atoms with Gasteiger partial charge in [-0.2, -0.15) is 0 Å². The van der Waals surface area contributed by atoms with Gasteiger partial charge in [0.15, 0.2) is 6.10 Å². The van der Waals surface area contributed by atoms with E-state index in [-0.39, 0.29) is 5.91 Å². The first-order valence-corrected chi connectivity index (χ1v) is 9.43. The Kier molecular flexibility index (Phi) is 6.33. The Morgan fingerprint density at radius 2 is 1.57 bits per heavy atom. The molecule has 1 amide bonds. The van der Waals surface area contributed by atoms with Crippen molar-refractivity contribution in [2.45, 2.75) is 33.3 Å². The molecular weight excluding hydrogens is 350 g/mol. The van der Waals surface area contributed by atoms with E-state index in [9.17, 15) is 4.79 Å². The first-order valence-electron chi connectivity index (χ1n) is 9.43. The highest BCUT2D eigenvalue weighted by Crippen LogP contribution is 2.24. The summed E-state index contributed by atoms with van der Waals surface area (Å²) in [5, 5.41) is 2.92. The average Bonchev–Trinajstić information content (AvgIpc) is 2.71. The van der Waals surface area contributed by atoms with Gasteiger partial charge in [-0.05, 0) is 73.9 Å². The van der Waals surface area contributed by atoms with Gasteiger partial charge in [-0.1, -0.05) is 37.3 Å². The van der Waals surface area contributed by atoms with Crippen molar-refractivity contribution in [3.05, 3.63) is 83.9 Å². The lowest BCUT2D eigenvalue weighted by molar-refractivity contribution is -0.122. The molecule has 0 spiro atoms. The van der Waals surface area contributed by atoms with Crippen LogP contribution < -0.4 is 14.8 Å². The van der Waals surface area contributed by atoms with E-state index in [4.69, 9.17) is 9.47 Å². The van der Waals surface area contributed by atoms with Crippen LogP contribution in [0.1, 0.15) is 24.5 Å². The average molecular weight is 375 g/mol. The molecule has 144 valence electrons. The molecule has 0 aromatic heterocycles. The minimum absolute atomic E-state index is 0.167. The monoisotopic (exact) mass is 375 g/mol. The van der Waals surface area contributed by atoms with Crippen molar-refractivity contribution in [1.29, 1.82) is 0 Å². The van der Waals surface area contributed by atoms with Crippen LogP contribution in [-0.2, 0) is 4.79 Å². The van der Waals surface area contributed by atoms with Crippen LogP contribution in [-0.4, -0.2) is 12.0 Å². The number of aryl methyl sites for hydroxylation is 1. The third kappa shape index (κ3) is 4.92. The van der Waals surface area contributed by atoms with E-state index in [0.29, 0.717) is 17.9 Å². The van der Waals surface area contributed by atoms with Crippen LogP contribution in [0.15, 0.2) is 72.8 Å². The Labute approximate surface area is 166 Å². The molecule has 1 N–H and O–H groups in total. The van der Waals surface area contributed by atoms with Crippen molar-refractivity contribution in [3.63, 3.8) is 0 Å². The molecule has 1 atom stereocenters.